The molecule has 0 spiro atoms. The molecule has 0 saturated carbocycles. The van der Waals surface area contributed by atoms with Crippen LogP contribution in [-0.2, 0) is 0 Å². The predicted molar refractivity (Wildman–Crippen MR) is 121 cm³/mol. The molecule has 0 bridgehead atoms. The summed E-state index contributed by atoms with van der Waals surface area (Å²) >= 11 is 0. The number of nitrogens with one attached hydrogen (secondary N) is 1. The Morgan fingerprint density at radius 2 is 1.87 bits per heavy atom. The lowest BCUT2D eigenvalue weighted by molar-refractivity contribution is 0.0939. The third-order valence-electron chi connectivity index (χ3n) is 5.26. The first kappa shape index (κ1) is 21.6. The van der Waals surface area contributed by atoms with Gasteiger partial charge in [0, 0.05) is 23.1 Å². The molecule has 0 aliphatic rings. The van der Waals surface area contributed by atoms with Gasteiger partial charge in [0.05, 0.1) is 31.0 Å². The zero-order valence-corrected chi connectivity index (χ0v) is 18.2. The number of ether oxygens (including phenoxy) is 2. The largest absolute Gasteiger partial charge is 0.497 e. The summed E-state index contributed by atoms with van der Waals surface area (Å²) in [5, 5.41) is 3.99. The van der Waals surface area contributed by atoms with Crippen LogP contribution in [0.15, 0.2) is 48.5 Å². The number of rotatable bonds is 9. The molecule has 30 heavy (non-hydrogen) atoms. The Morgan fingerprint density at radius 3 is 2.60 bits per heavy atom. The maximum atomic E-state index is 13.2. The SMILES string of the molecule is CCCCCC(C)NC(=O)c1cc(-c2ccc(OC)cc2OC)nc2ccccc12. The Kier molecular flexibility index (Phi) is 7.28. The van der Waals surface area contributed by atoms with Crippen molar-refractivity contribution in [2.24, 2.45) is 0 Å². The number of hydrogen-bond acceptors (Lipinski definition) is 4. The zero-order chi connectivity index (χ0) is 21.5. The topological polar surface area (TPSA) is 60.5 Å². The molecule has 3 aromatic rings. The van der Waals surface area contributed by atoms with Gasteiger partial charge in [-0.25, -0.2) is 4.98 Å². The molecule has 1 amide bonds. The second-order valence-corrected chi connectivity index (χ2v) is 7.51. The highest BCUT2D eigenvalue weighted by atomic mass is 16.5. The number of amides is 1. The van der Waals surface area contributed by atoms with Crippen LogP contribution in [0, 0.1) is 0 Å². The smallest absolute Gasteiger partial charge is 0.252 e. The van der Waals surface area contributed by atoms with Crippen molar-refractivity contribution in [1.29, 1.82) is 0 Å². The fourth-order valence-electron chi connectivity index (χ4n) is 3.59. The van der Waals surface area contributed by atoms with Crippen LogP contribution in [0.4, 0.5) is 0 Å². The fraction of sp³-hybridized carbons (Fsp3) is 0.360. The van der Waals surface area contributed by atoms with Crippen LogP contribution in [0.3, 0.4) is 0 Å². The first-order valence-corrected chi connectivity index (χ1v) is 10.5. The number of aromatic nitrogens is 1. The predicted octanol–water partition coefficient (Wildman–Crippen LogP) is 5.62. The number of unbranched alkanes of at least 4 members (excludes halogenated alkanes) is 2. The summed E-state index contributed by atoms with van der Waals surface area (Å²) in [6.45, 7) is 4.24. The summed E-state index contributed by atoms with van der Waals surface area (Å²) in [6, 6.07) is 15.3. The van der Waals surface area contributed by atoms with Crippen molar-refractivity contribution >= 4 is 16.8 Å². The summed E-state index contributed by atoms with van der Waals surface area (Å²) in [5.74, 6) is 1.28. The number of benzene rings is 2. The van der Waals surface area contributed by atoms with Gasteiger partial charge in [0.2, 0.25) is 0 Å². The number of para-hydroxylation sites is 1. The second kappa shape index (κ2) is 10.1. The summed E-state index contributed by atoms with van der Waals surface area (Å²) in [4.78, 5) is 17.9. The van der Waals surface area contributed by atoms with Gasteiger partial charge < -0.3 is 14.8 Å². The van der Waals surface area contributed by atoms with E-state index in [0.29, 0.717) is 22.8 Å². The van der Waals surface area contributed by atoms with Gasteiger partial charge in [0.25, 0.3) is 5.91 Å². The first-order valence-electron chi connectivity index (χ1n) is 10.5. The Hall–Kier alpha value is -3.08. The molecule has 5 nitrogen and oxygen atoms in total. The summed E-state index contributed by atoms with van der Waals surface area (Å²) in [7, 11) is 3.23. The fourth-order valence-corrected chi connectivity index (χ4v) is 3.59. The van der Waals surface area contributed by atoms with Crippen molar-refractivity contribution in [3.8, 4) is 22.8 Å². The summed E-state index contributed by atoms with van der Waals surface area (Å²) in [6.07, 6.45) is 4.44. The average molecular weight is 407 g/mol. The first-order chi connectivity index (χ1) is 14.6. The maximum absolute atomic E-state index is 13.2. The molecular formula is C25H30N2O3. The molecule has 1 N–H and O–H groups in total. The highest BCUT2D eigenvalue weighted by Gasteiger charge is 2.17. The van der Waals surface area contributed by atoms with E-state index < -0.39 is 0 Å². The van der Waals surface area contributed by atoms with E-state index in [9.17, 15) is 4.79 Å². The maximum Gasteiger partial charge on any atom is 0.252 e. The molecule has 2 aromatic carbocycles. The van der Waals surface area contributed by atoms with Crippen LogP contribution in [0.2, 0.25) is 0 Å². The number of fused-ring (bicyclic) bond motifs is 1. The van der Waals surface area contributed by atoms with Crippen molar-refractivity contribution in [3.05, 3.63) is 54.1 Å². The van der Waals surface area contributed by atoms with Crippen LogP contribution in [0.5, 0.6) is 11.5 Å². The van der Waals surface area contributed by atoms with E-state index in [1.165, 1.54) is 12.8 Å². The quantitative estimate of drug-likeness (QED) is 0.469. The lowest BCUT2D eigenvalue weighted by atomic mass is 10.0. The highest BCUT2D eigenvalue weighted by Crippen LogP contribution is 2.34. The molecule has 1 heterocycles. The van der Waals surface area contributed by atoms with Crippen LogP contribution < -0.4 is 14.8 Å². The minimum atomic E-state index is -0.0775. The van der Waals surface area contributed by atoms with Gasteiger partial charge in [-0.2, -0.15) is 0 Å². The normalized spacial score (nSPS) is 11.9. The monoisotopic (exact) mass is 406 g/mol. The molecule has 3 rings (SSSR count). The zero-order valence-electron chi connectivity index (χ0n) is 18.2. The number of nitrogens with zero attached hydrogens (tertiary/aromatic N) is 1. The van der Waals surface area contributed by atoms with Crippen molar-refractivity contribution < 1.29 is 14.3 Å². The molecule has 0 fully saturated rings. The van der Waals surface area contributed by atoms with Gasteiger partial charge in [0.15, 0.2) is 0 Å². The van der Waals surface area contributed by atoms with Gasteiger partial charge in [-0.1, -0.05) is 44.4 Å². The number of carbonyl (C=O) groups excluding carboxylic acids is 1. The van der Waals surface area contributed by atoms with Crippen molar-refractivity contribution in [3.63, 3.8) is 0 Å². The van der Waals surface area contributed by atoms with E-state index in [1.54, 1.807) is 14.2 Å². The summed E-state index contributed by atoms with van der Waals surface area (Å²) < 4.78 is 10.9. The van der Waals surface area contributed by atoms with Gasteiger partial charge >= 0.3 is 0 Å². The lowest BCUT2D eigenvalue weighted by Crippen LogP contribution is -2.32. The third kappa shape index (κ3) is 4.90. The molecular weight excluding hydrogens is 376 g/mol. The van der Waals surface area contributed by atoms with E-state index in [-0.39, 0.29) is 11.9 Å². The number of hydrogen-bond donors (Lipinski definition) is 1. The van der Waals surface area contributed by atoms with Crippen molar-refractivity contribution in [1.82, 2.24) is 10.3 Å². The number of carbonyl (C=O) groups is 1. The van der Waals surface area contributed by atoms with Gasteiger partial charge in [-0.15, -0.1) is 0 Å². The molecule has 0 saturated heterocycles. The molecule has 0 aliphatic carbocycles. The highest BCUT2D eigenvalue weighted by molar-refractivity contribution is 6.07. The van der Waals surface area contributed by atoms with Crippen LogP contribution in [-0.4, -0.2) is 31.2 Å². The Morgan fingerprint density at radius 1 is 1.07 bits per heavy atom. The van der Waals surface area contributed by atoms with E-state index >= 15 is 0 Å². The molecule has 0 radical (unpaired) electrons. The Labute approximate surface area is 178 Å². The van der Waals surface area contributed by atoms with Crippen LogP contribution in [0.1, 0.15) is 49.9 Å². The third-order valence-corrected chi connectivity index (χ3v) is 5.26. The Bertz CT molecular complexity index is 1020. The molecule has 0 aliphatic heterocycles. The van der Waals surface area contributed by atoms with E-state index in [2.05, 4.69) is 19.2 Å². The van der Waals surface area contributed by atoms with E-state index in [4.69, 9.17) is 14.5 Å². The molecule has 1 aromatic heterocycles. The second-order valence-electron chi connectivity index (χ2n) is 7.51. The van der Waals surface area contributed by atoms with Gasteiger partial charge in [0.1, 0.15) is 11.5 Å². The summed E-state index contributed by atoms with van der Waals surface area (Å²) in [5.41, 5.74) is 2.90. The minimum Gasteiger partial charge on any atom is -0.497 e. The average Bonchev–Trinajstić information content (AvgIpc) is 2.77. The Balaban J connectivity index is 2.00. The van der Waals surface area contributed by atoms with Crippen LogP contribution in [0.25, 0.3) is 22.2 Å². The van der Waals surface area contributed by atoms with Crippen molar-refractivity contribution in [2.75, 3.05) is 14.2 Å². The lowest BCUT2D eigenvalue weighted by Gasteiger charge is -2.16. The van der Waals surface area contributed by atoms with Crippen molar-refractivity contribution in [2.45, 2.75) is 45.6 Å². The number of pyridine rings is 1. The number of methoxy groups -OCH3 is 2. The van der Waals surface area contributed by atoms with E-state index in [0.717, 1.165) is 29.3 Å². The molecule has 1 atom stereocenters. The molecule has 5 heteroatoms. The minimum absolute atomic E-state index is 0.0775. The van der Waals surface area contributed by atoms with Gasteiger partial charge in [-0.3, -0.25) is 4.79 Å². The molecule has 158 valence electrons. The standard InChI is InChI=1S/C25H30N2O3/c1-5-6-7-10-17(2)26-25(28)21-16-23(27-22-12-9-8-11-19(21)22)20-14-13-18(29-3)15-24(20)30-4/h8-9,11-17H,5-7,10H2,1-4H3,(H,26,28). The molecule has 1 unspecified atom stereocenters. The van der Waals surface area contributed by atoms with Crippen LogP contribution >= 0.6 is 0 Å². The van der Waals surface area contributed by atoms with E-state index in [1.807, 2.05) is 48.5 Å². The van der Waals surface area contributed by atoms with Gasteiger partial charge in [-0.05, 0) is 37.6 Å².